The average molecular weight is 234 g/mol. The molecule has 90 valence electrons. The molecular formula is C12H14N2O3. The summed E-state index contributed by atoms with van der Waals surface area (Å²) in [6.07, 6.45) is 0.629. The van der Waals surface area contributed by atoms with Crippen molar-refractivity contribution < 1.29 is 9.72 Å². The van der Waals surface area contributed by atoms with Crippen molar-refractivity contribution in [1.29, 1.82) is 0 Å². The number of hydrogen-bond donors (Lipinski definition) is 0. The van der Waals surface area contributed by atoms with Crippen LogP contribution in [0.25, 0.3) is 0 Å². The van der Waals surface area contributed by atoms with Crippen molar-refractivity contribution in [3.05, 3.63) is 33.9 Å². The number of likely N-dealkylation sites (N-methyl/N-ethyl adjacent to an activating group) is 1. The molecule has 0 aromatic heterocycles. The van der Waals surface area contributed by atoms with Crippen LogP contribution in [-0.2, 0) is 10.2 Å². The van der Waals surface area contributed by atoms with E-state index < -0.39 is 10.3 Å². The van der Waals surface area contributed by atoms with Crippen molar-refractivity contribution in [2.45, 2.75) is 25.7 Å². The summed E-state index contributed by atoms with van der Waals surface area (Å²) in [4.78, 5) is 24.1. The quantitative estimate of drug-likeness (QED) is 0.582. The largest absolute Gasteiger partial charge is 0.314 e. The number of nitro benzene ring substituents is 1. The van der Waals surface area contributed by atoms with Crippen LogP contribution in [-0.4, -0.2) is 17.9 Å². The molecule has 17 heavy (non-hydrogen) atoms. The Labute approximate surface area is 99.2 Å². The number of rotatable bonds is 2. The monoisotopic (exact) mass is 234 g/mol. The molecule has 0 spiro atoms. The Hall–Kier alpha value is -1.91. The first-order chi connectivity index (χ1) is 7.91. The van der Waals surface area contributed by atoms with Gasteiger partial charge in [0.2, 0.25) is 5.91 Å². The van der Waals surface area contributed by atoms with E-state index in [4.69, 9.17) is 0 Å². The van der Waals surface area contributed by atoms with Crippen LogP contribution in [0.2, 0.25) is 0 Å². The summed E-state index contributed by atoms with van der Waals surface area (Å²) in [5.41, 5.74) is 0.911. The van der Waals surface area contributed by atoms with Crippen LogP contribution >= 0.6 is 0 Å². The van der Waals surface area contributed by atoms with Gasteiger partial charge in [-0.2, -0.15) is 0 Å². The van der Waals surface area contributed by atoms with E-state index in [1.807, 2.05) is 13.8 Å². The van der Waals surface area contributed by atoms with E-state index in [9.17, 15) is 14.9 Å². The normalized spacial score (nSPS) is 22.8. The fourth-order valence-corrected chi connectivity index (χ4v) is 2.31. The van der Waals surface area contributed by atoms with Gasteiger partial charge >= 0.3 is 0 Å². The molecule has 2 rings (SSSR count). The molecule has 5 heteroatoms. The Morgan fingerprint density at radius 1 is 1.47 bits per heavy atom. The number of amides is 1. The number of non-ortho nitro benzene ring substituents is 1. The average Bonchev–Trinajstić information content (AvgIpc) is 2.52. The molecule has 0 saturated carbocycles. The first-order valence-electron chi connectivity index (χ1n) is 5.49. The van der Waals surface area contributed by atoms with E-state index in [0.717, 1.165) is 11.3 Å². The van der Waals surface area contributed by atoms with Gasteiger partial charge in [-0.05, 0) is 25.0 Å². The Bertz CT molecular complexity index is 512. The second kappa shape index (κ2) is 3.55. The van der Waals surface area contributed by atoms with Gasteiger partial charge in [0.25, 0.3) is 5.69 Å². The topological polar surface area (TPSA) is 63.5 Å². The second-order valence-corrected chi connectivity index (χ2v) is 4.51. The molecule has 5 nitrogen and oxygen atoms in total. The van der Waals surface area contributed by atoms with Gasteiger partial charge in [0.1, 0.15) is 0 Å². The number of benzene rings is 1. The number of anilines is 1. The molecular weight excluding hydrogens is 220 g/mol. The summed E-state index contributed by atoms with van der Waals surface area (Å²) in [5, 5.41) is 10.8. The summed E-state index contributed by atoms with van der Waals surface area (Å²) in [6, 6.07) is 4.59. The highest BCUT2D eigenvalue weighted by Crippen LogP contribution is 2.44. The third-order valence-electron chi connectivity index (χ3n) is 3.63. The lowest BCUT2D eigenvalue weighted by atomic mass is 9.81. The molecule has 1 amide bonds. The highest BCUT2D eigenvalue weighted by Gasteiger charge is 2.45. The third-order valence-corrected chi connectivity index (χ3v) is 3.63. The van der Waals surface area contributed by atoms with Gasteiger partial charge in [-0.1, -0.05) is 6.92 Å². The van der Waals surface area contributed by atoms with Crippen molar-refractivity contribution in [2.24, 2.45) is 0 Å². The van der Waals surface area contributed by atoms with E-state index in [1.54, 1.807) is 18.0 Å². The Balaban J connectivity index is 2.65. The molecule has 0 fully saturated rings. The molecule has 0 N–H and O–H groups in total. The standard InChI is InChI=1S/C12H14N2O3/c1-4-12(2)9-7-8(14(16)17)5-6-10(9)13(3)11(12)15/h5-7H,4H2,1-3H3/t12-/m1/s1. The maximum atomic E-state index is 12.2. The predicted octanol–water partition coefficient (Wildman–Crippen LogP) is 2.24. The highest BCUT2D eigenvalue weighted by atomic mass is 16.6. The van der Waals surface area contributed by atoms with Gasteiger partial charge in [0, 0.05) is 24.9 Å². The number of nitro groups is 1. The van der Waals surface area contributed by atoms with Crippen molar-refractivity contribution in [3.63, 3.8) is 0 Å². The number of carbonyl (C=O) groups excluding carboxylic acids is 1. The third kappa shape index (κ3) is 1.42. The number of nitrogens with zero attached hydrogens (tertiary/aromatic N) is 2. The molecule has 0 radical (unpaired) electrons. The summed E-state index contributed by atoms with van der Waals surface area (Å²) in [6.45, 7) is 3.75. The lowest BCUT2D eigenvalue weighted by molar-refractivity contribution is -0.384. The SMILES string of the molecule is CC[C@@]1(C)C(=O)N(C)c2ccc([N+](=O)[O-])cc21. The van der Waals surface area contributed by atoms with E-state index in [-0.39, 0.29) is 11.6 Å². The molecule has 1 aliphatic heterocycles. The Morgan fingerprint density at radius 2 is 2.12 bits per heavy atom. The van der Waals surface area contributed by atoms with Gasteiger partial charge in [-0.25, -0.2) is 0 Å². The van der Waals surface area contributed by atoms with Crippen LogP contribution in [0.1, 0.15) is 25.8 Å². The van der Waals surface area contributed by atoms with Gasteiger partial charge in [-0.15, -0.1) is 0 Å². The predicted molar refractivity (Wildman–Crippen MR) is 64.1 cm³/mol. The lowest BCUT2D eigenvalue weighted by Crippen LogP contribution is -2.35. The highest BCUT2D eigenvalue weighted by molar-refractivity contribution is 6.07. The summed E-state index contributed by atoms with van der Waals surface area (Å²) in [7, 11) is 1.70. The summed E-state index contributed by atoms with van der Waals surface area (Å²) in [5.74, 6) is -0.00417. The zero-order valence-corrected chi connectivity index (χ0v) is 10.1. The Morgan fingerprint density at radius 3 is 2.65 bits per heavy atom. The molecule has 0 saturated heterocycles. The van der Waals surface area contributed by atoms with E-state index in [1.165, 1.54) is 12.1 Å². The van der Waals surface area contributed by atoms with Crippen LogP contribution in [0, 0.1) is 10.1 Å². The first kappa shape index (κ1) is 11.6. The van der Waals surface area contributed by atoms with Crippen LogP contribution < -0.4 is 4.90 Å². The van der Waals surface area contributed by atoms with Crippen LogP contribution in [0.3, 0.4) is 0 Å². The molecule has 1 aromatic rings. The summed E-state index contributed by atoms with van der Waals surface area (Å²) >= 11 is 0. The zero-order chi connectivity index (χ0) is 12.8. The van der Waals surface area contributed by atoms with Gasteiger partial charge in [-0.3, -0.25) is 14.9 Å². The zero-order valence-electron chi connectivity index (χ0n) is 10.1. The second-order valence-electron chi connectivity index (χ2n) is 4.51. The first-order valence-corrected chi connectivity index (χ1v) is 5.49. The van der Waals surface area contributed by atoms with E-state index >= 15 is 0 Å². The fraction of sp³-hybridized carbons (Fsp3) is 0.417. The smallest absolute Gasteiger partial charge is 0.269 e. The van der Waals surface area contributed by atoms with Crippen molar-refractivity contribution in [3.8, 4) is 0 Å². The molecule has 0 bridgehead atoms. The van der Waals surface area contributed by atoms with Gasteiger partial charge < -0.3 is 4.90 Å². The molecule has 1 aliphatic rings. The van der Waals surface area contributed by atoms with E-state index in [0.29, 0.717) is 6.42 Å². The van der Waals surface area contributed by atoms with Crippen molar-refractivity contribution >= 4 is 17.3 Å². The molecule has 1 heterocycles. The Kier molecular flexibility index (Phi) is 2.41. The number of carbonyl (C=O) groups is 1. The van der Waals surface area contributed by atoms with Crippen LogP contribution in [0.5, 0.6) is 0 Å². The minimum Gasteiger partial charge on any atom is -0.314 e. The van der Waals surface area contributed by atoms with Gasteiger partial charge in [0.05, 0.1) is 10.3 Å². The maximum Gasteiger partial charge on any atom is 0.269 e. The van der Waals surface area contributed by atoms with Crippen LogP contribution in [0.15, 0.2) is 18.2 Å². The lowest BCUT2D eigenvalue weighted by Gasteiger charge is -2.20. The van der Waals surface area contributed by atoms with Gasteiger partial charge in [0.15, 0.2) is 0 Å². The summed E-state index contributed by atoms with van der Waals surface area (Å²) < 4.78 is 0. The number of hydrogen-bond acceptors (Lipinski definition) is 3. The minimum absolute atomic E-state index is 0.00417. The molecule has 1 aromatic carbocycles. The van der Waals surface area contributed by atoms with E-state index in [2.05, 4.69) is 0 Å². The molecule has 0 unspecified atom stereocenters. The number of fused-ring (bicyclic) bond motifs is 1. The van der Waals surface area contributed by atoms with Crippen molar-refractivity contribution in [2.75, 3.05) is 11.9 Å². The fourth-order valence-electron chi connectivity index (χ4n) is 2.31. The van der Waals surface area contributed by atoms with Crippen LogP contribution in [0.4, 0.5) is 11.4 Å². The maximum absolute atomic E-state index is 12.2. The van der Waals surface area contributed by atoms with Crippen molar-refractivity contribution in [1.82, 2.24) is 0 Å². The minimum atomic E-state index is -0.643. The molecule has 1 atom stereocenters. The molecule has 0 aliphatic carbocycles.